The molecule has 0 spiro atoms. The van der Waals surface area contributed by atoms with Crippen LogP contribution in [0.4, 0.5) is 0 Å². The van der Waals surface area contributed by atoms with Crippen molar-refractivity contribution in [1.82, 2.24) is 4.90 Å². The van der Waals surface area contributed by atoms with Gasteiger partial charge in [0.15, 0.2) is 0 Å². The molecule has 3 heteroatoms. The maximum absolute atomic E-state index is 9.57. The van der Waals surface area contributed by atoms with E-state index in [1.165, 1.54) is 0 Å². The van der Waals surface area contributed by atoms with Gasteiger partial charge in [-0.15, -0.1) is 0 Å². The van der Waals surface area contributed by atoms with Gasteiger partial charge in [-0.1, -0.05) is 0 Å². The molecule has 7 heavy (non-hydrogen) atoms. The molecule has 2 nitrogen and oxygen atoms in total. The maximum atomic E-state index is 9.57. The van der Waals surface area contributed by atoms with Crippen molar-refractivity contribution in [3.05, 3.63) is 0 Å². The van der Waals surface area contributed by atoms with Gasteiger partial charge in [0.2, 0.25) is 0 Å². The molecule has 0 aromatic carbocycles. The molecule has 0 fully saturated rings. The Morgan fingerprint density at radius 2 is 2.00 bits per heavy atom. The minimum atomic E-state index is 0. The molecule has 0 rings (SSSR count). The second-order valence-corrected chi connectivity index (χ2v) is 1.43. The summed E-state index contributed by atoms with van der Waals surface area (Å²) in [5.74, 6) is 0. The molecule has 0 aromatic rings. The number of hydrogen-bond donors (Lipinski definition) is 0. The molecule has 0 heterocycles. The summed E-state index contributed by atoms with van der Waals surface area (Å²) >= 11 is 0. The van der Waals surface area contributed by atoms with E-state index in [-0.39, 0.29) is 51.4 Å². The van der Waals surface area contributed by atoms with Crippen molar-refractivity contribution < 1.29 is 4.79 Å². The average Bonchev–Trinajstić information content (AvgIpc) is 1.35. The van der Waals surface area contributed by atoms with Gasteiger partial charge >= 0.3 is 51.4 Å². The molecule has 0 atom stereocenters. The van der Waals surface area contributed by atoms with Gasteiger partial charge in [0.1, 0.15) is 6.29 Å². The van der Waals surface area contributed by atoms with E-state index in [4.69, 9.17) is 0 Å². The van der Waals surface area contributed by atoms with Gasteiger partial charge in [0.25, 0.3) is 0 Å². The third kappa shape index (κ3) is 11.1. The molecule has 0 saturated heterocycles. The molecule has 0 aromatic heterocycles. The molecule has 0 N–H and O–H groups in total. The number of aldehydes is 1. The van der Waals surface area contributed by atoms with Crippen LogP contribution in [0.15, 0.2) is 0 Å². The van der Waals surface area contributed by atoms with Crippen LogP contribution < -0.4 is 0 Å². The van der Waals surface area contributed by atoms with Crippen LogP contribution in [-0.4, -0.2) is 83.2 Å². The van der Waals surface area contributed by atoms with E-state index in [9.17, 15) is 4.79 Å². The first-order chi connectivity index (χ1) is 2.77. The van der Waals surface area contributed by atoms with E-state index in [0.29, 0.717) is 6.54 Å². The fourth-order valence-corrected chi connectivity index (χ4v) is 0.149. The number of rotatable bonds is 2. The van der Waals surface area contributed by atoms with Crippen molar-refractivity contribution >= 4 is 57.7 Å². The Morgan fingerprint density at radius 1 is 1.57 bits per heavy atom. The van der Waals surface area contributed by atoms with Crippen molar-refractivity contribution in [1.29, 1.82) is 0 Å². The second kappa shape index (κ2) is 7.27. The molecular formula is C4H10KNO. The van der Waals surface area contributed by atoms with Gasteiger partial charge in [-0.2, -0.15) is 0 Å². The number of carbonyl (C=O) groups is 1. The normalized spacial score (nSPS) is 7.86. The van der Waals surface area contributed by atoms with Crippen LogP contribution in [0.25, 0.3) is 0 Å². The van der Waals surface area contributed by atoms with Gasteiger partial charge < -0.3 is 9.69 Å². The Balaban J connectivity index is 0. The van der Waals surface area contributed by atoms with Crippen LogP contribution in [0.2, 0.25) is 0 Å². The fourth-order valence-electron chi connectivity index (χ4n) is 0.149. The predicted molar refractivity (Wildman–Crippen MR) is 31.8 cm³/mol. The van der Waals surface area contributed by atoms with Gasteiger partial charge in [0, 0.05) is 0 Å². The average molecular weight is 127 g/mol. The summed E-state index contributed by atoms with van der Waals surface area (Å²) in [5, 5.41) is 0. The van der Waals surface area contributed by atoms with E-state index >= 15 is 0 Å². The van der Waals surface area contributed by atoms with Crippen LogP contribution in [0.5, 0.6) is 0 Å². The van der Waals surface area contributed by atoms with Crippen molar-refractivity contribution in [3.63, 3.8) is 0 Å². The first-order valence-corrected chi connectivity index (χ1v) is 1.85. The number of likely N-dealkylation sites (N-methyl/N-ethyl adjacent to an activating group) is 1. The fraction of sp³-hybridized carbons (Fsp3) is 0.750. The van der Waals surface area contributed by atoms with Gasteiger partial charge in [0.05, 0.1) is 6.54 Å². The third-order valence-electron chi connectivity index (χ3n) is 0.440. The summed E-state index contributed by atoms with van der Waals surface area (Å²) in [7, 11) is 3.71. The van der Waals surface area contributed by atoms with Gasteiger partial charge in [-0.3, -0.25) is 0 Å². The Labute approximate surface area is 86.7 Å². The van der Waals surface area contributed by atoms with Crippen LogP contribution in [0.3, 0.4) is 0 Å². The zero-order chi connectivity index (χ0) is 4.99. The van der Waals surface area contributed by atoms with Gasteiger partial charge in [-0.25, -0.2) is 0 Å². The van der Waals surface area contributed by atoms with E-state index in [0.717, 1.165) is 6.29 Å². The first kappa shape index (κ1) is 11.1. The van der Waals surface area contributed by atoms with E-state index in [2.05, 4.69) is 0 Å². The summed E-state index contributed by atoms with van der Waals surface area (Å²) in [6.07, 6.45) is 0.875. The summed E-state index contributed by atoms with van der Waals surface area (Å²) in [5.41, 5.74) is 0. The Hall–Kier alpha value is 1.27. The quantitative estimate of drug-likeness (QED) is 0.354. The minimum absolute atomic E-state index is 0. The molecular weight excluding hydrogens is 117 g/mol. The van der Waals surface area contributed by atoms with Crippen molar-refractivity contribution in [2.24, 2.45) is 0 Å². The standard InChI is InChI=1S/C4H9NO.K.H/c1-5(2)3-4-6;;/h4H,3H2,1-2H3;;. The number of nitrogens with zero attached hydrogens (tertiary/aromatic N) is 1. The Kier molecular flexibility index (Phi) is 11.5. The topological polar surface area (TPSA) is 20.3 Å². The molecule has 0 bridgehead atoms. The molecule has 0 radical (unpaired) electrons. The van der Waals surface area contributed by atoms with E-state index in [1.807, 2.05) is 19.0 Å². The zero-order valence-corrected chi connectivity index (χ0v) is 4.14. The van der Waals surface area contributed by atoms with Gasteiger partial charge in [-0.05, 0) is 14.1 Å². The van der Waals surface area contributed by atoms with Crippen LogP contribution in [0.1, 0.15) is 0 Å². The monoisotopic (exact) mass is 127 g/mol. The van der Waals surface area contributed by atoms with E-state index < -0.39 is 0 Å². The molecule has 0 aliphatic carbocycles. The summed E-state index contributed by atoms with van der Waals surface area (Å²) in [6, 6.07) is 0. The first-order valence-electron chi connectivity index (χ1n) is 1.85. The second-order valence-electron chi connectivity index (χ2n) is 1.43. The van der Waals surface area contributed by atoms with Crippen LogP contribution >= 0.6 is 0 Å². The summed E-state index contributed by atoms with van der Waals surface area (Å²) < 4.78 is 0. The molecule has 0 amide bonds. The Bertz CT molecular complexity index is 47.0. The third-order valence-corrected chi connectivity index (χ3v) is 0.440. The number of hydrogen-bond acceptors (Lipinski definition) is 2. The number of carbonyl (C=O) groups excluding carboxylic acids is 1. The molecule has 0 aliphatic heterocycles. The predicted octanol–water partition coefficient (Wildman–Crippen LogP) is -0.902. The zero-order valence-electron chi connectivity index (χ0n) is 4.14. The molecule has 0 unspecified atom stereocenters. The summed E-state index contributed by atoms with van der Waals surface area (Å²) in [6.45, 7) is 0.528. The van der Waals surface area contributed by atoms with Crippen molar-refractivity contribution in [3.8, 4) is 0 Å². The molecule has 0 saturated carbocycles. The van der Waals surface area contributed by atoms with Crippen LogP contribution in [0, 0.1) is 0 Å². The summed E-state index contributed by atoms with van der Waals surface area (Å²) in [4.78, 5) is 11.4. The van der Waals surface area contributed by atoms with Crippen molar-refractivity contribution in [2.45, 2.75) is 0 Å². The van der Waals surface area contributed by atoms with E-state index in [1.54, 1.807) is 0 Å². The van der Waals surface area contributed by atoms with Crippen molar-refractivity contribution in [2.75, 3.05) is 20.6 Å². The Morgan fingerprint density at radius 3 is 2.00 bits per heavy atom. The molecule has 38 valence electrons. The SMILES string of the molecule is CN(C)CC=O.[KH]. The van der Waals surface area contributed by atoms with Crippen LogP contribution in [-0.2, 0) is 4.79 Å². The molecule has 0 aliphatic rings.